The highest BCUT2D eigenvalue weighted by atomic mass is 15.3. The zero-order chi connectivity index (χ0) is 14.5. The largest absolute Gasteiger partial charge is 0.310 e. The van der Waals surface area contributed by atoms with E-state index in [9.17, 15) is 0 Å². The Kier molecular flexibility index (Phi) is 4.90. The van der Waals surface area contributed by atoms with E-state index in [1.165, 1.54) is 22.3 Å². The molecule has 0 atom stereocenters. The fourth-order valence-corrected chi connectivity index (χ4v) is 2.49. The molecule has 0 radical (unpaired) electrons. The lowest BCUT2D eigenvalue weighted by atomic mass is 10.00. The van der Waals surface area contributed by atoms with Gasteiger partial charge in [-0.2, -0.15) is 5.10 Å². The number of nitrogens with one attached hydrogen (secondary N) is 1. The van der Waals surface area contributed by atoms with E-state index in [-0.39, 0.29) is 0 Å². The number of hydrogen-bond donors (Lipinski definition) is 1. The lowest BCUT2D eigenvalue weighted by Crippen LogP contribution is -2.15. The molecule has 4 nitrogen and oxygen atoms in total. The maximum Gasteiger partial charge on any atom is 0.164 e. The normalized spacial score (nSPS) is 11.0. The van der Waals surface area contributed by atoms with Gasteiger partial charge >= 0.3 is 0 Å². The van der Waals surface area contributed by atoms with Gasteiger partial charge in [0.25, 0.3) is 0 Å². The Balaban J connectivity index is 2.07. The average Bonchev–Trinajstić information content (AvgIpc) is 2.82. The second kappa shape index (κ2) is 6.66. The van der Waals surface area contributed by atoms with Crippen LogP contribution >= 0.6 is 0 Å². The van der Waals surface area contributed by atoms with Crippen molar-refractivity contribution in [1.29, 1.82) is 0 Å². The molecule has 0 unspecified atom stereocenters. The minimum absolute atomic E-state index is 0.743. The van der Waals surface area contributed by atoms with Gasteiger partial charge in [-0.3, -0.25) is 0 Å². The first-order valence-electron chi connectivity index (χ1n) is 7.26. The molecule has 0 saturated heterocycles. The molecule has 2 rings (SSSR count). The molecule has 1 N–H and O–H groups in total. The summed E-state index contributed by atoms with van der Waals surface area (Å²) >= 11 is 0. The molecule has 1 heterocycles. The standard InChI is InChI=1S/C16H24N4/c1-5-6-17-9-16-18-11-20(19-16)10-15-13(3)7-12(2)8-14(15)4/h7-8,11,17H,5-6,9-10H2,1-4H3. The first kappa shape index (κ1) is 14.7. The molecule has 0 bridgehead atoms. The van der Waals surface area contributed by atoms with Crippen LogP contribution in [0, 0.1) is 20.8 Å². The first-order chi connectivity index (χ1) is 9.60. The minimum atomic E-state index is 0.743. The summed E-state index contributed by atoms with van der Waals surface area (Å²) in [6.07, 6.45) is 2.95. The molecule has 2 aromatic rings. The van der Waals surface area contributed by atoms with E-state index < -0.39 is 0 Å². The van der Waals surface area contributed by atoms with Crippen molar-refractivity contribution < 1.29 is 0 Å². The monoisotopic (exact) mass is 272 g/mol. The van der Waals surface area contributed by atoms with Crippen LogP contribution in [0.2, 0.25) is 0 Å². The minimum Gasteiger partial charge on any atom is -0.310 e. The molecule has 4 heteroatoms. The van der Waals surface area contributed by atoms with Crippen LogP contribution in [0.25, 0.3) is 0 Å². The fraction of sp³-hybridized carbons (Fsp3) is 0.500. The third kappa shape index (κ3) is 3.67. The van der Waals surface area contributed by atoms with Crippen LogP contribution in [0.5, 0.6) is 0 Å². The molecule has 108 valence electrons. The summed E-state index contributed by atoms with van der Waals surface area (Å²) < 4.78 is 1.92. The van der Waals surface area contributed by atoms with E-state index in [0.29, 0.717) is 0 Å². The second-order valence-electron chi connectivity index (χ2n) is 5.41. The van der Waals surface area contributed by atoms with E-state index in [1.807, 2.05) is 11.0 Å². The lowest BCUT2D eigenvalue weighted by molar-refractivity contribution is 0.623. The van der Waals surface area contributed by atoms with Crippen molar-refractivity contribution >= 4 is 0 Å². The summed E-state index contributed by atoms with van der Waals surface area (Å²) in [5.41, 5.74) is 5.30. The summed E-state index contributed by atoms with van der Waals surface area (Å²) in [6.45, 7) is 11.2. The molecular weight excluding hydrogens is 248 g/mol. The van der Waals surface area contributed by atoms with Crippen LogP contribution in [0.3, 0.4) is 0 Å². The third-order valence-corrected chi connectivity index (χ3v) is 3.45. The zero-order valence-corrected chi connectivity index (χ0v) is 12.9. The Labute approximate surface area is 121 Å². The van der Waals surface area contributed by atoms with E-state index in [0.717, 1.165) is 31.9 Å². The number of nitrogens with zero attached hydrogens (tertiary/aromatic N) is 3. The highest BCUT2D eigenvalue weighted by molar-refractivity contribution is 5.37. The maximum atomic E-state index is 4.53. The van der Waals surface area contributed by atoms with E-state index in [1.54, 1.807) is 0 Å². The van der Waals surface area contributed by atoms with E-state index >= 15 is 0 Å². The van der Waals surface area contributed by atoms with Crippen LogP contribution in [-0.4, -0.2) is 21.3 Å². The zero-order valence-electron chi connectivity index (χ0n) is 12.9. The Morgan fingerprint density at radius 1 is 1.15 bits per heavy atom. The molecule has 0 aliphatic heterocycles. The Hall–Kier alpha value is -1.68. The van der Waals surface area contributed by atoms with Gasteiger partial charge in [-0.05, 0) is 50.4 Å². The van der Waals surface area contributed by atoms with Gasteiger partial charge < -0.3 is 5.32 Å². The quantitative estimate of drug-likeness (QED) is 0.822. The van der Waals surface area contributed by atoms with Crippen LogP contribution in [-0.2, 0) is 13.1 Å². The van der Waals surface area contributed by atoms with Crippen LogP contribution in [0.1, 0.15) is 41.4 Å². The van der Waals surface area contributed by atoms with Gasteiger partial charge in [-0.25, -0.2) is 9.67 Å². The summed E-state index contributed by atoms with van der Waals surface area (Å²) in [6, 6.07) is 4.45. The number of aryl methyl sites for hydroxylation is 3. The average molecular weight is 272 g/mol. The number of rotatable bonds is 6. The molecule has 1 aromatic carbocycles. The van der Waals surface area contributed by atoms with E-state index in [4.69, 9.17) is 0 Å². The number of aromatic nitrogens is 3. The molecule has 0 aliphatic carbocycles. The molecule has 0 fully saturated rings. The molecule has 20 heavy (non-hydrogen) atoms. The van der Waals surface area contributed by atoms with Crippen LogP contribution < -0.4 is 5.32 Å². The molecule has 1 aromatic heterocycles. The van der Waals surface area contributed by atoms with Gasteiger partial charge in [0, 0.05) is 0 Å². The highest BCUT2D eigenvalue weighted by Gasteiger charge is 2.07. The lowest BCUT2D eigenvalue weighted by Gasteiger charge is -2.11. The molecule has 0 saturated carbocycles. The number of benzene rings is 1. The maximum absolute atomic E-state index is 4.53. The summed E-state index contributed by atoms with van der Waals surface area (Å²) in [5.74, 6) is 0.862. The van der Waals surface area contributed by atoms with Crippen LogP contribution in [0.15, 0.2) is 18.5 Å². The Bertz CT molecular complexity index is 549. The first-order valence-corrected chi connectivity index (χ1v) is 7.26. The number of hydrogen-bond acceptors (Lipinski definition) is 3. The predicted octanol–water partition coefficient (Wildman–Crippen LogP) is 2.75. The third-order valence-electron chi connectivity index (χ3n) is 3.45. The van der Waals surface area contributed by atoms with Crippen molar-refractivity contribution in [3.63, 3.8) is 0 Å². The second-order valence-corrected chi connectivity index (χ2v) is 5.41. The van der Waals surface area contributed by atoms with Gasteiger partial charge in [0.2, 0.25) is 0 Å². The molecular formula is C16H24N4. The van der Waals surface area contributed by atoms with Crippen molar-refractivity contribution in [3.8, 4) is 0 Å². The van der Waals surface area contributed by atoms with Gasteiger partial charge in [0.1, 0.15) is 6.33 Å². The summed E-state index contributed by atoms with van der Waals surface area (Å²) in [4.78, 5) is 4.35. The van der Waals surface area contributed by atoms with Gasteiger partial charge in [-0.15, -0.1) is 0 Å². The molecule has 0 aliphatic rings. The smallest absolute Gasteiger partial charge is 0.164 e. The highest BCUT2D eigenvalue weighted by Crippen LogP contribution is 2.17. The predicted molar refractivity (Wildman–Crippen MR) is 81.8 cm³/mol. The van der Waals surface area contributed by atoms with Crippen molar-refractivity contribution in [3.05, 3.63) is 46.5 Å². The SMILES string of the molecule is CCCNCc1ncn(Cc2c(C)cc(C)cc2C)n1. The molecule has 0 spiro atoms. The topological polar surface area (TPSA) is 42.7 Å². The Morgan fingerprint density at radius 3 is 2.50 bits per heavy atom. The van der Waals surface area contributed by atoms with Gasteiger partial charge in [0.15, 0.2) is 5.82 Å². The van der Waals surface area contributed by atoms with Crippen LogP contribution in [0.4, 0.5) is 0 Å². The van der Waals surface area contributed by atoms with Gasteiger partial charge in [0.05, 0.1) is 13.1 Å². The van der Waals surface area contributed by atoms with Crippen molar-refractivity contribution in [2.45, 2.75) is 47.2 Å². The van der Waals surface area contributed by atoms with Crippen molar-refractivity contribution in [2.75, 3.05) is 6.54 Å². The Morgan fingerprint density at radius 2 is 1.85 bits per heavy atom. The van der Waals surface area contributed by atoms with E-state index in [2.05, 4.69) is 55.2 Å². The van der Waals surface area contributed by atoms with Gasteiger partial charge in [-0.1, -0.05) is 24.6 Å². The summed E-state index contributed by atoms with van der Waals surface area (Å²) in [7, 11) is 0. The van der Waals surface area contributed by atoms with Crippen molar-refractivity contribution in [1.82, 2.24) is 20.1 Å². The summed E-state index contributed by atoms with van der Waals surface area (Å²) in [5, 5.41) is 7.85. The molecule has 0 amide bonds. The van der Waals surface area contributed by atoms with Crippen molar-refractivity contribution in [2.24, 2.45) is 0 Å². The fourth-order valence-electron chi connectivity index (χ4n) is 2.49.